The van der Waals surface area contributed by atoms with Gasteiger partial charge in [-0.05, 0) is 41.7 Å². The molecule has 1 aromatic carbocycles. The molecule has 21 heavy (non-hydrogen) atoms. The van der Waals surface area contributed by atoms with Crippen molar-refractivity contribution in [2.45, 2.75) is 25.7 Å². The van der Waals surface area contributed by atoms with Crippen molar-refractivity contribution >= 4 is 17.4 Å². The Balaban J connectivity index is 0.000000160. The van der Waals surface area contributed by atoms with Gasteiger partial charge in [0.2, 0.25) is 0 Å². The number of benzene rings is 1. The van der Waals surface area contributed by atoms with E-state index < -0.39 is 0 Å². The van der Waals surface area contributed by atoms with E-state index >= 15 is 0 Å². The van der Waals surface area contributed by atoms with E-state index in [0.29, 0.717) is 0 Å². The summed E-state index contributed by atoms with van der Waals surface area (Å²) in [6.45, 7) is 2.00. The second kappa shape index (κ2) is 6.68. The van der Waals surface area contributed by atoms with Crippen molar-refractivity contribution in [2.24, 2.45) is 0 Å². The Morgan fingerprint density at radius 1 is 0.905 bits per heavy atom. The molecule has 0 aromatic heterocycles. The number of allylic oxidation sites excluding steroid dienone is 5. The molecule has 0 radical (unpaired) electrons. The van der Waals surface area contributed by atoms with E-state index in [1.165, 1.54) is 31.2 Å². The average molecular weight is 280 g/mol. The fourth-order valence-corrected chi connectivity index (χ4v) is 2.82. The standard InChI is InChI=1S/C13H8O.C6H12O/c14-13-7-3-6-11-10-5-2-1-4-9(10)8-12(11)13;1-2-4-6-7-5-3-1/h1-8H;1-6H2. The maximum atomic E-state index is 11.5. The van der Waals surface area contributed by atoms with E-state index in [9.17, 15) is 4.79 Å². The Bertz CT molecular complexity index is 601. The maximum absolute atomic E-state index is 11.5. The van der Waals surface area contributed by atoms with Crippen LogP contribution in [-0.4, -0.2) is 19.0 Å². The van der Waals surface area contributed by atoms with E-state index in [1.807, 2.05) is 36.4 Å². The molecule has 1 aromatic rings. The molecule has 0 N–H and O–H groups in total. The number of ketones is 1. The van der Waals surface area contributed by atoms with Gasteiger partial charge >= 0.3 is 0 Å². The van der Waals surface area contributed by atoms with Gasteiger partial charge in [0, 0.05) is 18.8 Å². The van der Waals surface area contributed by atoms with Crippen molar-refractivity contribution in [3.8, 4) is 0 Å². The largest absolute Gasteiger partial charge is 0.381 e. The third-order valence-corrected chi connectivity index (χ3v) is 3.94. The first-order chi connectivity index (χ1) is 10.4. The van der Waals surface area contributed by atoms with E-state index in [-0.39, 0.29) is 5.78 Å². The van der Waals surface area contributed by atoms with Crippen LogP contribution in [0.5, 0.6) is 0 Å². The van der Waals surface area contributed by atoms with Crippen molar-refractivity contribution in [1.29, 1.82) is 0 Å². The summed E-state index contributed by atoms with van der Waals surface area (Å²) in [5.74, 6) is 0.110. The lowest BCUT2D eigenvalue weighted by Crippen LogP contribution is -2.00. The first-order valence-electron chi connectivity index (χ1n) is 7.68. The molecule has 0 spiro atoms. The summed E-state index contributed by atoms with van der Waals surface area (Å²) in [5.41, 5.74) is 4.20. The molecular formula is C19H20O2. The van der Waals surface area contributed by atoms with Gasteiger partial charge < -0.3 is 4.74 Å². The normalized spacial score (nSPS) is 19.5. The lowest BCUT2D eigenvalue weighted by molar-refractivity contribution is -0.110. The fourth-order valence-electron chi connectivity index (χ4n) is 2.82. The second-order valence-electron chi connectivity index (χ2n) is 5.48. The van der Waals surface area contributed by atoms with Gasteiger partial charge in [-0.1, -0.05) is 49.3 Å². The number of ether oxygens (including phenoxy) is 1. The van der Waals surface area contributed by atoms with E-state index in [1.54, 1.807) is 6.08 Å². The fraction of sp³-hybridized carbons (Fsp3) is 0.316. The SMILES string of the molecule is C1CCCOCC1.O=C1C=CC=C2C1=Cc1ccccc12. The average Bonchev–Trinajstić information content (AvgIpc) is 2.70. The number of hydrogen-bond acceptors (Lipinski definition) is 2. The first kappa shape index (κ1) is 14.0. The zero-order chi connectivity index (χ0) is 14.5. The van der Waals surface area contributed by atoms with Crippen LogP contribution in [0, 0.1) is 0 Å². The van der Waals surface area contributed by atoms with Crippen molar-refractivity contribution in [1.82, 2.24) is 0 Å². The van der Waals surface area contributed by atoms with E-state index in [4.69, 9.17) is 4.74 Å². The number of rotatable bonds is 0. The molecule has 1 aliphatic heterocycles. The molecule has 0 amide bonds. The Kier molecular flexibility index (Phi) is 4.46. The second-order valence-corrected chi connectivity index (χ2v) is 5.48. The van der Waals surface area contributed by atoms with Crippen molar-refractivity contribution in [3.05, 3.63) is 59.2 Å². The minimum Gasteiger partial charge on any atom is -0.381 e. The Morgan fingerprint density at radius 3 is 2.48 bits per heavy atom. The molecule has 4 rings (SSSR count). The molecule has 0 saturated carbocycles. The van der Waals surface area contributed by atoms with Gasteiger partial charge in [0.25, 0.3) is 0 Å². The van der Waals surface area contributed by atoms with Crippen molar-refractivity contribution in [2.75, 3.05) is 13.2 Å². The predicted octanol–water partition coefficient (Wildman–Crippen LogP) is 4.18. The molecule has 3 aliphatic rings. The van der Waals surface area contributed by atoms with Gasteiger partial charge in [0.05, 0.1) is 0 Å². The van der Waals surface area contributed by atoms with Gasteiger partial charge in [0.1, 0.15) is 0 Å². The highest BCUT2D eigenvalue weighted by atomic mass is 16.5. The Morgan fingerprint density at radius 2 is 1.67 bits per heavy atom. The van der Waals surface area contributed by atoms with E-state index in [0.717, 1.165) is 29.9 Å². The Labute approximate surface area is 125 Å². The third kappa shape index (κ3) is 3.22. The van der Waals surface area contributed by atoms with Gasteiger partial charge in [-0.25, -0.2) is 0 Å². The minimum absolute atomic E-state index is 0.110. The molecule has 0 unspecified atom stereocenters. The summed E-state index contributed by atoms with van der Waals surface area (Å²) in [6.07, 6.45) is 12.7. The summed E-state index contributed by atoms with van der Waals surface area (Å²) in [6, 6.07) is 8.08. The highest BCUT2D eigenvalue weighted by molar-refractivity contribution is 6.23. The lowest BCUT2D eigenvalue weighted by atomic mass is 9.96. The predicted molar refractivity (Wildman–Crippen MR) is 85.8 cm³/mol. The summed E-state index contributed by atoms with van der Waals surface area (Å²) in [5, 5.41) is 0. The molecule has 0 bridgehead atoms. The van der Waals surface area contributed by atoms with Gasteiger partial charge in [-0.3, -0.25) is 4.79 Å². The summed E-state index contributed by atoms with van der Waals surface area (Å²) >= 11 is 0. The third-order valence-electron chi connectivity index (χ3n) is 3.94. The quantitative estimate of drug-likeness (QED) is 0.712. The molecule has 2 nitrogen and oxygen atoms in total. The van der Waals surface area contributed by atoms with Crippen LogP contribution < -0.4 is 0 Å². The zero-order valence-electron chi connectivity index (χ0n) is 12.2. The van der Waals surface area contributed by atoms with Crippen molar-refractivity contribution in [3.63, 3.8) is 0 Å². The number of carbonyl (C=O) groups excluding carboxylic acids is 1. The molecule has 1 fully saturated rings. The molecule has 2 heteroatoms. The minimum atomic E-state index is 0.110. The summed E-state index contributed by atoms with van der Waals surface area (Å²) in [7, 11) is 0. The number of fused-ring (bicyclic) bond motifs is 3. The number of carbonyl (C=O) groups is 1. The first-order valence-corrected chi connectivity index (χ1v) is 7.68. The zero-order valence-corrected chi connectivity index (χ0v) is 12.2. The van der Waals surface area contributed by atoms with Gasteiger partial charge in [0.15, 0.2) is 5.78 Å². The smallest absolute Gasteiger partial charge is 0.186 e. The van der Waals surface area contributed by atoms with Crippen molar-refractivity contribution < 1.29 is 9.53 Å². The number of hydrogen-bond donors (Lipinski definition) is 0. The van der Waals surface area contributed by atoms with Crippen LogP contribution in [0.2, 0.25) is 0 Å². The van der Waals surface area contributed by atoms with Crippen LogP contribution in [-0.2, 0) is 9.53 Å². The van der Waals surface area contributed by atoms with Gasteiger partial charge in [-0.15, -0.1) is 0 Å². The highest BCUT2D eigenvalue weighted by Gasteiger charge is 2.23. The topological polar surface area (TPSA) is 26.3 Å². The van der Waals surface area contributed by atoms with Crippen LogP contribution in [0.4, 0.5) is 0 Å². The lowest BCUT2D eigenvalue weighted by Gasteiger charge is -2.06. The van der Waals surface area contributed by atoms with Crippen LogP contribution in [0.3, 0.4) is 0 Å². The van der Waals surface area contributed by atoms with Gasteiger partial charge in [-0.2, -0.15) is 0 Å². The molecule has 0 atom stereocenters. The molecule has 1 saturated heterocycles. The Hall–Kier alpha value is -1.93. The molecular weight excluding hydrogens is 260 g/mol. The summed E-state index contributed by atoms with van der Waals surface area (Å²) < 4.78 is 5.19. The molecule has 108 valence electrons. The van der Waals surface area contributed by atoms with Crippen LogP contribution in [0.1, 0.15) is 36.8 Å². The van der Waals surface area contributed by atoms with Crippen LogP contribution >= 0.6 is 0 Å². The van der Waals surface area contributed by atoms with Crippen LogP contribution in [0.25, 0.3) is 11.6 Å². The highest BCUT2D eigenvalue weighted by Crippen LogP contribution is 2.37. The molecule has 1 heterocycles. The maximum Gasteiger partial charge on any atom is 0.186 e. The summed E-state index contributed by atoms with van der Waals surface area (Å²) in [4.78, 5) is 11.5. The molecule has 2 aliphatic carbocycles. The van der Waals surface area contributed by atoms with E-state index in [2.05, 4.69) is 6.07 Å². The van der Waals surface area contributed by atoms with Crippen LogP contribution in [0.15, 0.2) is 48.1 Å². The monoisotopic (exact) mass is 280 g/mol.